The normalized spacial score (nSPS) is 22.1. The Balaban J connectivity index is 2.32. The van der Waals surface area contributed by atoms with E-state index >= 15 is 0 Å². The number of rotatable bonds is 4. The zero-order valence-electron chi connectivity index (χ0n) is 9.24. The minimum Gasteiger partial charge on any atom is -0.374 e. The highest BCUT2D eigenvalue weighted by molar-refractivity contribution is 9.09. The van der Waals surface area contributed by atoms with Crippen molar-refractivity contribution in [1.82, 2.24) is 4.90 Å². The lowest BCUT2D eigenvalue weighted by Gasteiger charge is -2.32. The van der Waals surface area contributed by atoms with E-state index in [2.05, 4.69) is 15.9 Å². The SMILES string of the molecule is CC(C)OCC(=O)N1CCOC(CBr)C1. The number of hydrogen-bond donors (Lipinski definition) is 0. The van der Waals surface area contributed by atoms with Crippen molar-refractivity contribution >= 4 is 21.8 Å². The topological polar surface area (TPSA) is 38.8 Å². The molecule has 0 spiro atoms. The lowest BCUT2D eigenvalue weighted by Crippen LogP contribution is -2.47. The molecule has 0 aromatic heterocycles. The van der Waals surface area contributed by atoms with Crippen LogP contribution in [0.25, 0.3) is 0 Å². The summed E-state index contributed by atoms with van der Waals surface area (Å²) >= 11 is 3.36. The number of alkyl halides is 1. The molecule has 15 heavy (non-hydrogen) atoms. The number of ether oxygens (including phenoxy) is 2. The number of carbonyl (C=O) groups is 1. The second-order valence-corrected chi connectivity index (χ2v) is 4.49. The first-order valence-electron chi connectivity index (χ1n) is 5.20. The first-order chi connectivity index (χ1) is 7.13. The largest absolute Gasteiger partial charge is 0.374 e. The van der Waals surface area contributed by atoms with Crippen LogP contribution in [-0.2, 0) is 14.3 Å². The molecule has 1 unspecified atom stereocenters. The van der Waals surface area contributed by atoms with Crippen LogP contribution in [-0.4, -0.2) is 54.6 Å². The Morgan fingerprint density at radius 3 is 3.00 bits per heavy atom. The summed E-state index contributed by atoms with van der Waals surface area (Å²) in [7, 11) is 0. The van der Waals surface area contributed by atoms with E-state index in [1.54, 1.807) is 4.90 Å². The Kier molecular flexibility index (Phi) is 5.56. The van der Waals surface area contributed by atoms with E-state index in [9.17, 15) is 4.79 Å². The highest BCUT2D eigenvalue weighted by Gasteiger charge is 2.23. The van der Waals surface area contributed by atoms with Crippen molar-refractivity contribution in [3.63, 3.8) is 0 Å². The quantitative estimate of drug-likeness (QED) is 0.722. The molecule has 4 nitrogen and oxygen atoms in total. The zero-order chi connectivity index (χ0) is 11.3. The molecule has 1 fully saturated rings. The maximum Gasteiger partial charge on any atom is 0.248 e. The number of morpholine rings is 1. The third-order valence-electron chi connectivity index (χ3n) is 2.20. The summed E-state index contributed by atoms with van der Waals surface area (Å²) in [5.74, 6) is 0.0537. The Hall–Kier alpha value is -0.130. The monoisotopic (exact) mass is 279 g/mol. The van der Waals surface area contributed by atoms with Crippen LogP contribution in [0.3, 0.4) is 0 Å². The van der Waals surface area contributed by atoms with E-state index in [4.69, 9.17) is 9.47 Å². The van der Waals surface area contributed by atoms with Gasteiger partial charge in [0, 0.05) is 18.4 Å². The molecule has 88 valence electrons. The van der Waals surface area contributed by atoms with Crippen LogP contribution >= 0.6 is 15.9 Å². The number of carbonyl (C=O) groups excluding carboxylic acids is 1. The van der Waals surface area contributed by atoms with Gasteiger partial charge in [-0.15, -0.1) is 0 Å². The minimum absolute atomic E-state index is 0.0537. The van der Waals surface area contributed by atoms with E-state index in [-0.39, 0.29) is 24.7 Å². The van der Waals surface area contributed by atoms with Crippen molar-refractivity contribution in [2.75, 3.05) is 31.6 Å². The molecule has 1 rings (SSSR count). The van der Waals surface area contributed by atoms with Gasteiger partial charge in [-0.25, -0.2) is 0 Å². The van der Waals surface area contributed by atoms with E-state index in [0.717, 1.165) is 5.33 Å². The van der Waals surface area contributed by atoms with Crippen molar-refractivity contribution in [3.8, 4) is 0 Å². The molecule has 0 aromatic carbocycles. The van der Waals surface area contributed by atoms with Gasteiger partial charge in [0.2, 0.25) is 5.91 Å². The molecule has 1 aliphatic heterocycles. The highest BCUT2D eigenvalue weighted by atomic mass is 79.9. The van der Waals surface area contributed by atoms with Gasteiger partial charge < -0.3 is 14.4 Å². The molecule has 0 aromatic rings. The summed E-state index contributed by atoms with van der Waals surface area (Å²) in [6.07, 6.45) is 0.212. The number of nitrogens with zero attached hydrogens (tertiary/aromatic N) is 1. The fourth-order valence-electron chi connectivity index (χ4n) is 1.37. The summed E-state index contributed by atoms with van der Waals surface area (Å²) in [5.41, 5.74) is 0. The summed E-state index contributed by atoms with van der Waals surface area (Å²) in [6, 6.07) is 0. The van der Waals surface area contributed by atoms with Gasteiger partial charge in [0.15, 0.2) is 0 Å². The first kappa shape index (κ1) is 12.9. The van der Waals surface area contributed by atoms with Crippen molar-refractivity contribution in [2.24, 2.45) is 0 Å². The molecule has 0 radical (unpaired) electrons. The maximum atomic E-state index is 11.7. The van der Waals surface area contributed by atoms with Gasteiger partial charge in [-0.2, -0.15) is 0 Å². The Bertz CT molecular complexity index is 211. The van der Waals surface area contributed by atoms with Gasteiger partial charge in [-0.3, -0.25) is 4.79 Å². The lowest BCUT2D eigenvalue weighted by molar-refractivity contribution is -0.144. The van der Waals surface area contributed by atoms with Crippen LogP contribution in [0.15, 0.2) is 0 Å². The van der Waals surface area contributed by atoms with E-state index in [1.807, 2.05) is 13.8 Å². The average molecular weight is 280 g/mol. The van der Waals surface area contributed by atoms with Crippen molar-refractivity contribution in [1.29, 1.82) is 0 Å². The zero-order valence-corrected chi connectivity index (χ0v) is 10.8. The molecule has 1 aliphatic rings. The fourth-order valence-corrected chi connectivity index (χ4v) is 1.76. The van der Waals surface area contributed by atoms with Gasteiger partial charge in [0.25, 0.3) is 0 Å². The van der Waals surface area contributed by atoms with Gasteiger partial charge in [0.1, 0.15) is 6.61 Å². The van der Waals surface area contributed by atoms with Crippen molar-refractivity contribution in [3.05, 3.63) is 0 Å². The standard InChI is InChI=1S/C10H18BrNO3/c1-8(2)15-7-10(13)12-3-4-14-9(5-11)6-12/h8-9H,3-7H2,1-2H3. The van der Waals surface area contributed by atoms with Crippen LogP contribution in [0.5, 0.6) is 0 Å². The van der Waals surface area contributed by atoms with E-state index in [0.29, 0.717) is 19.7 Å². The van der Waals surface area contributed by atoms with Crippen LogP contribution in [0, 0.1) is 0 Å². The highest BCUT2D eigenvalue weighted by Crippen LogP contribution is 2.08. The maximum absolute atomic E-state index is 11.7. The van der Waals surface area contributed by atoms with Crippen LogP contribution in [0.1, 0.15) is 13.8 Å². The second kappa shape index (κ2) is 6.45. The van der Waals surface area contributed by atoms with Gasteiger partial charge in [-0.05, 0) is 13.8 Å². The van der Waals surface area contributed by atoms with Gasteiger partial charge >= 0.3 is 0 Å². The molecule has 1 heterocycles. The van der Waals surface area contributed by atoms with Crippen molar-refractivity contribution in [2.45, 2.75) is 26.1 Å². The molecular formula is C10H18BrNO3. The molecule has 5 heteroatoms. The number of amides is 1. The number of halogens is 1. The third-order valence-corrected chi connectivity index (χ3v) is 2.93. The van der Waals surface area contributed by atoms with Crippen molar-refractivity contribution < 1.29 is 14.3 Å². The minimum atomic E-state index is 0.0537. The van der Waals surface area contributed by atoms with Crippen LogP contribution in [0.4, 0.5) is 0 Å². The molecule has 1 amide bonds. The van der Waals surface area contributed by atoms with E-state index < -0.39 is 0 Å². The first-order valence-corrected chi connectivity index (χ1v) is 6.32. The van der Waals surface area contributed by atoms with Crippen LogP contribution < -0.4 is 0 Å². The molecule has 0 aliphatic carbocycles. The summed E-state index contributed by atoms with van der Waals surface area (Å²) in [6.45, 7) is 5.97. The van der Waals surface area contributed by atoms with E-state index in [1.165, 1.54) is 0 Å². The molecular weight excluding hydrogens is 262 g/mol. The van der Waals surface area contributed by atoms with Crippen LogP contribution in [0.2, 0.25) is 0 Å². The molecule has 0 bridgehead atoms. The smallest absolute Gasteiger partial charge is 0.248 e. The molecule has 0 N–H and O–H groups in total. The molecule has 0 saturated carbocycles. The van der Waals surface area contributed by atoms with Gasteiger partial charge in [-0.1, -0.05) is 15.9 Å². The fraction of sp³-hybridized carbons (Fsp3) is 0.900. The molecule has 1 saturated heterocycles. The summed E-state index contributed by atoms with van der Waals surface area (Å²) < 4.78 is 10.7. The summed E-state index contributed by atoms with van der Waals surface area (Å²) in [4.78, 5) is 13.5. The molecule has 1 atom stereocenters. The Morgan fingerprint density at radius 2 is 2.40 bits per heavy atom. The Morgan fingerprint density at radius 1 is 1.67 bits per heavy atom. The summed E-state index contributed by atoms with van der Waals surface area (Å²) in [5, 5.41) is 0.766. The third kappa shape index (κ3) is 4.49. The second-order valence-electron chi connectivity index (χ2n) is 3.85. The number of hydrogen-bond acceptors (Lipinski definition) is 3. The Labute approximate surface area is 99.0 Å². The average Bonchev–Trinajstić information content (AvgIpc) is 2.26. The van der Waals surface area contributed by atoms with Gasteiger partial charge in [0.05, 0.1) is 18.8 Å². The lowest BCUT2D eigenvalue weighted by atomic mass is 10.3. The predicted octanol–water partition coefficient (Wildman–Crippen LogP) is 1.03. The predicted molar refractivity (Wildman–Crippen MR) is 61.2 cm³/mol.